The number of aliphatic carboxylic acids is 1. The molecule has 23 heavy (non-hydrogen) atoms. The first-order valence-electron chi connectivity index (χ1n) is 7.77. The number of benzene rings is 1. The summed E-state index contributed by atoms with van der Waals surface area (Å²) in [7, 11) is 0. The first-order chi connectivity index (χ1) is 10.9. The maximum Gasteiger partial charge on any atom is 0.342 e. The lowest BCUT2D eigenvalue weighted by molar-refractivity contribution is -0.136. The Kier molecular flexibility index (Phi) is 5.08. The third-order valence-electron chi connectivity index (χ3n) is 4.39. The molecule has 1 aromatic carbocycles. The van der Waals surface area contributed by atoms with E-state index in [1.807, 2.05) is 26.8 Å². The molecule has 0 spiro atoms. The van der Waals surface area contributed by atoms with E-state index in [-0.39, 0.29) is 24.3 Å². The lowest BCUT2D eigenvalue weighted by Crippen LogP contribution is -2.04. The topological polar surface area (TPSA) is 83.8 Å². The van der Waals surface area contributed by atoms with E-state index in [9.17, 15) is 14.7 Å². The minimum atomic E-state index is -0.828. The quantitative estimate of drug-likeness (QED) is 0.621. The van der Waals surface area contributed by atoms with Crippen LogP contribution in [-0.2, 0) is 29.0 Å². The van der Waals surface area contributed by atoms with Gasteiger partial charge in [-0.15, -0.1) is 0 Å². The molecule has 0 saturated heterocycles. The molecule has 0 radical (unpaired) electrons. The summed E-state index contributed by atoms with van der Waals surface area (Å²) >= 11 is 0. The van der Waals surface area contributed by atoms with Crippen molar-refractivity contribution in [3.63, 3.8) is 0 Å². The van der Waals surface area contributed by atoms with Crippen molar-refractivity contribution in [2.24, 2.45) is 0 Å². The zero-order valence-corrected chi connectivity index (χ0v) is 13.7. The molecular weight excluding hydrogens is 296 g/mol. The number of phenolic OH excluding ortho intramolecular Hbond substituents is 1. The lowest BCUT2D eigenvalue weighted by Gasteiger charge is -2.16. The first kappa shape index (κ1) is 17.1. The highest BCUT2D eigenvalue weighted by molar-refractivity contribution is 5.97. The molecule has 0 aliphatic carbocycles. The summed E-state index contributed by atoms with van der Waals surface area (Å²) in [4.78, 5) is 22.5. The van der Waals surface area contributed by atoms with Crippen LogP contribution < -0.4 is 0 Å². The van der Waals surface area contributed by atoms with E-state index in [1.54, 1.807) is 0 Å². The second kappa shape index (κ2) is 6.86. The number of fused-ring (bicyclic) bond motifs is 1. The molecule has 0 amide bonds. The number of hydrogen-bond acceptors (Lipinski definition) is 4. The van der Waals surface area contributed by atoms with Crippen molar-refractivity contribution in [3.8, 4) is 5.75 Å². The van der Waals surface area contributed by atoms with Gasteiger partial charge in [-0.25, -0.2) is 4.79 Å². The van der Waals surface area contributed by atoms with Crippen LogP contribution in [0.25, 0.3) is 0 Å². The number of carbonyl (C=O) groups excluding carboxylic acids is 1. The molecule has 0 fully saturated rings. The summed E-state index contributed by atoms with van der Waals surface area (Å²) in [5.41, 5.74) is 4.78. The van der Waals surface area contributed by atoms with Gasteiger partial charge in [0.1, 0.15) is 17.9 Å². The smallest absolute Gasteiger partial charge is 0.342 e. The van der Waals surface area contributed by atoms with Gasteiger partial charge in [0.25, 0.3) is 0 Å². The number of hydrogen-bond donors (Lipinski definition) is 2. The van der Waals surface area contributed by atoms with Crippen LogP contribution in [0.2, 0.25) is 0 Å². The Morgan fingerprint density at radius 2 is 2.00 bits per heavy atom. The number of esters is 1. The van der Waals surface area contributed by atoms with Crippen LogP contribution in [0, 0.1) is 6.92 Å². The van der Waals surface area contributed by atoms with Crippen molar-refractivity contribution in [1.82, 2.24) is 0 Å². The Labute approximate surface area is 135 Å². The van der Waals surface area contributed by atoms with E-state index in [0.29, 0.717) is 12.8 Å². The van der Waals surface area contributed by atoms with Crippen molar-refractivity contribution in [2.45, 2.75) is 53.1 Å². The van der Waals surface area contributed by atoms with Gasteiger partial charge in [0.05, 0.1) is 0 Å². The van der Waals surface area contributed by atoms with Crippen LogP contribution >= 0.6 is 0 Å². The molecule has 0 atom stereocenters. The second-order valence-electron chi connectivity index (χ2n) is 5.86. The highest BCUT2D eigenvalue weighted by atomic mass is 16.5. The van der Waals surface area contributed by atoms with Crippen LogP contribution in [0.5, 0.6) is 5.75 Å². The average molecular weight is 318 g/mol. The number of ether oxygens (including phenoxy) is 1. The van der Waals surface area contributed by atoms with E-state index in [2.05, 4.69) is 0 Å². The van der Waals surface area contributed by atoms with Crippen molar-refractivity contribution < 1.29 is 24.5 Å². The molecule has 5 nitrogen and oxygen atoms in total. The standard InChI is InChI=1S/C18H22O5/c1-4-12-11(3)14-9-23-18(22)16(14)17(21)13(12)7-5-10(2)6-8-15(19)20/h5,21H,4,6-9H2,1-3H3,(H,19,20). The number of allylic oxidation sites excluding steroid dienone is 2. The number of rotatable bonds is 6. The highest BCUT2D eigenvalue weighted by Gasteiger charge is 2.30. The van der Waals surface area contributed by atoms with Gasteiger partial charge in [-0.3, -0.25) is 4.79 Å². The summed E-state index contributed by atoms with van der Waals surface area (Å²) in [5.74, 6) is -1.30. The Morgan fingerprint density at radius 3 is 2.61 bits per heavy atom. The van der Waals surface area contributed by atoms with Gasteiger partial charge in [-0.1, -0.05) is 18.6 Å². The molecule has 1 aliphatic rings. The van der Waals surface area contributed by atoms with Gasteiger partial charge in [0.15, 0.2) is 0 Å². The van der Waals surface area contributed by atoms with Gasteiger partial charge in [-0.05, 0) is 44.2 Å². The van der Waals surface area contributed by atoms with E-state index in [0.717, 1.165) is 34.2 Å². The fourth-order valence-corrected chi connectivity index (χ4v) is 3.02. The van der Waals surface area contributed by atoms with E-state index in [1.165, 1.54) is 0 Å². The lowest BCUT2D eigenvalue weighted by atomic mass is 9.89. The van der Waals surface area contributed by atoms with Crippen LogP contribution in [0.1, 0.15) is 59.3 Å². The number of cyclic esters (lactones) is 1. The molecule has 2 N–H and O–H groups in total. The molecule has 5 heteroatoms. The number of carbonyl (C=O) groups is 2. The molecule has 0 saturated carbocycles. The number of carboxylic acids is 1. The minimum Gasteiger partial charge on any atom is -0.507 e. The zero-order chi connectivity index (χ0) is 17.1. The minimum absolute atomic E-state index is 0.00670. The molecular formula is C18H22O5. The molecule has 0 aromatic heterocycles. The van der Waals surface area contributed by atoms with Crippen molar-refractivity contribution in [1.29, 1.82) is 0 Å². The Balaban J connectivity index is 2.37. The van der Waals surface area contributed by atoms with Crippen LogP contribution in [-0.4, -0.2) is 22.2 Å². The number of carboxylic acid groups (broad SMARTS) is 1. The van der Waals surface area contributed by atoms with Crippen molar-refractivity contribution >= 4 is 11.9 Å². The number of phenols is 1. The third kappa shape index (κ3) is 3.38. The van der Waals surface area contributed by atoms with Gasteiger partial charge < -0.3 is 14.9 Å². The van der Waals surface area contributed by atoms with Crippen LogP contribution in [0.4, 0.5) is 0 Å². The van der Waals surface area contributed by atoms with Gasteiger partial charge in [-0.2, -0.15) is 0 Å². The van der Waals surface area contributed by atoms with E-state index < -0.39 is 11.9 Å². The zero-order valence-electron chi connectivity index (χ0n) is 13.7. The SMILES string of the molecule is CCc1c(C)c2c(c(O)c1CC=C(C)CCC(=O)O)C(=O)OC2. The molecule has 1 heterocycles. The monoisotopic (exact) mass is 318 g/mol. The maximum absolute atomic E-state index is 11.8. The Bertz CT molecular complexity index is 685. The maximum atomic E-state index is 11.8. The largest absolute Gasteiger partial charge is 0.507 e. The van der Waals surface area contributed by atoms with Crippen LogP contribution in [0.15, 0.2) is 11.6 Å². The van der Waals surface area contributed by atoms with E-state index >= 15 is 0 Å². The molecule has 1 aromatic rings. The van der Waals surface area contributed by atoms with E-state index in [4.69, 9.17) is 9.84 Å². The van der Waals surface area contributed by atoms with Crippen LogP contribution in [0.3, 0.4) is 0 Å². The fourth-order valence-electron chi connectivity index (χ4n) is 3.02. The summed E-state index contributed by atoms with van der Waals surface area (Å²) in [6, 6.07) is 0. The summed E-state index contributed by atoms with van der Waals surface area (Å²) in [6.07, 6.45) is 3.71. The molecule has 124 valence electrons. The normalized spacial score (nSPS) is 13.9. The van der Waals surface area contributed by atoms with Crippen molar-refractivity contribution in [3.05, 3.63) is 39.5 Å². The summed E-state index contributed by atoms with van der Waals surface area (Å²) < 4.78 is 5.05. The molecule has 2 rings (SSSR count). The molecule has 1 aliphatic heterocycles. The van der Waals surface area contributed by atoms with Crippen molar-refractivity contribution in [2.75, 3.05) is 0 Å². The molecule has 0 unspecified atom stereocenters. The fraction of sp³-hybridized carbons (Fsp3) is 0.444. The third-order valence-corrected chi connectivity index (χ3v) is 4.39. The molecule has 0 bridgehead atoms. The highest BCUT2D eigenvalue weighted by Crippen LogP contribution is 2.38. The van der Waals surface area contributed by atoms with Gasteiger partial charge in [0, 0.05) is 17.5 Å². The van der Waals surface area contributed by atoms with Gasteiger partial charge >= 0.3 is 11.9 Å². The summed E-state index contributed by atoms with van der Waals surface area (Å²) in [5, 5.41) is 19.2. The Morgan fingerprint density at radius 1 is 1.30 bits per heavy atom. The second-order valence-corrected chi connectivity index (χ2v) is 5.86. The van der Waals surface area contributed by atoms with Gasteiger partial charge in [0.2, 0.25) is 0 Å². The predicted octanol–water partition coefficient (Wildman–Crippen LogP) is 3.29. The average Bonchev–Trinajstić information content (AvgIpc) is 2.89. The first-order valence-corrected chi connectivity index (χ1v) is 7.77. The predicted molar refractivity (Wildman–Crippen MR) is 85.7 cm³/mol. The number of aromatic hydroxyl groups is 1. The summed E-state index contributed by atoms with van der Waals surface area (Å²) in [6.45, 7) is 6.05. The Hall–Kier alpha value is -2.30.